The third-order valence-corrected chi connectivity index (χ3v) is 5.45. The van der Waals surface area contributed by atoms with Crippen LogP contribution in [0.4, 0.5) is 0 Å². The minimum atomic E-state index is 0.531. The first-order chi connectivity index (χ1) is 9.72. The van der Waals surface area contributed by atoms with Crippen LogP contribution in [0.5, 0.6) is 0 Å². The van der Waals surface area contributed by atoms with Gasteiger partial charge in [0.2, 0.25) is 0 Å². The molecule has 0 spiro atoms. The van der Waals surface area contributed by atoms with Gasteiger partial charge < -0.3 is 5.32 Å². The van der Waals surface area contributed by atoms with Crippen LogP contribution >= 0.6 is 0 Å². The minimum Gasteiger partial charge on any atom is -0.306 e. The summed E-state index contributed by atoms with van der Waals surface area (Å²) in [5.74, 6) is 0. The van der Waals surface area contributed by atoms with E-state index >= 15 is 0 Å². The SMILES string of the molecule is CC1CC(NC2CCCc3c2cnn3C)CN1C1CC1. The molecule has 0 aromatic carbocycles. The van der Waals surface area contributed by atoms with E-state index in [4.69, 9.17) is 0 Å². The van der Waals surface area contributed by atoms with Crippen LogP contribution in [-0.4, -0.2) is 39.4 Å². The number of fused-ring (bicyclic) bond motifs is 1. The van der Waals surface area contributed by atoms with Gasteiger partial charge in [-0.05, 0) is 45.4 Å². The molecule has 4 rings (SSSR count). The molecule has 1 saturated carbocycles. The second kappa shape index (κ2) is 4.85. The highest BCUT2D eigenvalue weighted by Crippen LogP contribution is 2.35. The number of hydrogen-bond donors (Lipinski definition) is 1. The number of likely N-dealkylation sites (tertiary alicyclic amines) is 1. The Labute approximate surface area is 121 Å². The fourth-order valence-corrected chi connectivity index (χ4v) is 4.26. The molecule has 3 aliphatic rings. The fourth-order valence-electron chi connectivity index (χ4n) is 4.26. The van der Waals surface area contributed by atoms with Crippen molar-refractivity contribution in [3.8, 4) is 0 Å². The maximum atomic E-state index is 4.46. The lowest BCUT2D eigenvalue weighted by Gasteiger charge is -2.27. The molecule has 110 valence electrons. The second-order valence-electron chi connectivity index (χ2n) is 6.99. The zero-order valence-corrected chi connectivity index (χ0v) is 12.7. The summed E-state index contributed by atoms with van der Waals surface area (Å²) >= 11 is 0. The normalized spacial score (nSPS) is 34.4. The van der Waals surface area contributed by atoms with Gasteiger partial charge in [-0.3, -0.25) is 9.58 Å². The Morgan fingerprint density at radius 3 is 2.95 bits per heavy atom. The van der Waals surface area contributed by atoms with Crippen molar-refractivity contribution < 1.29 is 0 Å². The summed E-state index contributed by atoms with van der Waals surface area (Å²) in [6.45, 7) is 3.65. The maximum absolute atomic E-state index is 4.46. The van der Waals surface area contributed by atoms with Gasteiger partial charge in [0.25, 0.3) is 0 Å². The lowest BCUT2D eigenvalue weighted by Crippen LogP contribution is -2.37. The first-order valence-corrected chi connectivity index (χ1v) is 8.25. The van der Waals surface area contributed by atoms with Crippen LogP contribution in [0.3, 0.4) is 0 Å². The van der Waals surface area contributed by atoms with Crippen LogP contribution in [0.1, 0.15) is 56.3 Å². The van der Waals surface area contributed by atoms with Crippen molar-refractivity contribution in [3.05, 3.63) is 17.5 Å². The minimum absolute atomic E-state index is 0.531. The van der Waals surface area contributed by atoms with Crippen LogP contribution in [0.15, 0.2) is 6.20 Å². The molecule has 2 heterocycles. The lowest BCUT2D eigenvalue weighted by molar-refractivity contribution is 0.253. The van der Waals surface area contributed by atoms with Gasteiger partial charge in [-0.2, -0.15) is 5.10 Å². The Kier molecular flexibility index (Phi) is 3.11. The van der Waals surface area contributed by atoms with Crippen molar-refractivity contribution in [3.63, 3.8) is 0 Å². The van der Waals surface area contributed by atoms with Gasteiger partial charge >= 0.3 is 0 Å². The maximum Gasteiger partial charge on any atom is 0.0540 e. The summed E-state index contributed by atoms with van der Waals surface area (Å²) in [6, 6.07) is 2.86. The number of nitrogens with one attached hydrogen (secondary N) is 1. The van der Waals surface area contributed by atoms with E-state index in [0.717, 1.165) is 12.1 Å². The first-order valence-electron chi connectivity index (χ1n) is 8.25. The molecule has 4 nitrogen and oxygen atoms in total. The number of rotatable bonds is 3. The van der Waals surface area contributed by atoms with Gasteiger partial charge in [-0.15, -0.1) is 0 Å². The molecule has 0 radical (unpaired) electrons. The Balaban J connectivity index is 1.45. The van der Waals surface area contributed by atoms with Crippen LogP contribution in [-0.2, 0) is 13.5 Å². The van der Waals surface area contributed by atoms with E-state index in [1.54, 1.807) is 0 Å². The van der Waals surface area contributed by atoms with Crippen molar-refractivity contribution in [2.45, 2.75) is 69.6 Å². The molecule has 4 heteroatoms. The molecule has 1 aliphatic heterocycles. The fraction of sp³-hybridized carbons (Fsp3) is 0.812. The van der Waals surface area contributed by atoms with E-state index < -0.39 is 0 Å². The smallest absolute Gasteiger partial charge is 0.0540 e. The molecule has 3 atom stereocenters. The summed E-state index contributed by atoms with van der Waals surface area (Å²) in [5.41, 5.74) is 2.90. The lowest BCUT2D eigenvalue weighted by atomic mass is 9.92. The van der Waals surface area contributed by atoms with Gasteiger partial charge in [-0.1, -0.05) is 0 Å². The average Bonchev–Trinajstić information content (AvgIpc) is 3.12. The summed E-state index contributed by atoms with van der Waals surface area (Å²) in [4.78, 5) is 2.73. The molecule has 1 aromatic heterocycles. The Hall–Kier alpha value is -0.870. The highest BCUT2D eigenvalue weighted by molar-refractivity contribution is 5.25. The molecule has 2 fully saturated rings. The van der Waals surface area contributed by atoms with Gasteiger partial charge in [0.05, 0.1) is 6.20 Å². The molecule has 3 unspecified atom stereocenters. The highest BCUT2D eigenvalue weighted by Gasteiger charge is 2.39. The standard InChI is InChI=1S/C16H26N4/c1-11-8-12(10-20(11)13-6-7-13)18-15-4-3-5-16-14(15)9-17-19(16)2/h9,11-13,15,18H,3-8,10H2,1-2H3. The number of hydrogen-bond acceptors (Lipinski definition) is 3. The van der Waals surface area contributed by atoms with Gasteiger partial charge in [0.15, 0.2) is 0 Å². The zero-order valence-electron chi connectivity index (χ0n) is 12.7. The summed E-state index contributed by atoms with van der Waals surface area (Å²) in [7, 11) is 2.08. The summed E-state index contributed by atoms with van der Waals surface area (Å²) in [6.07, 6.45) is 10.00. The second-order valence-corrected chi connectivity index (χ2v) is 6.99. The van der Waals surface area contributed by atoms with Crippen molar-refractivity contribution in [1.82, 2.24) is 20.0 Å². The van der Waals surface area contributed by atoms with E-state index in [1.807, 2.05) is 0 Å². The molecule has 1 N–H and O–H groups in total. The Bertz CT molecular complexity index is 491. The largest absolute Gasteiger partial charge is 0.306 e. The molecule has 20 heavy (non-hydrogen) atoms. The number of nitrogens with zero attached hydrogens (tertiary/aromatic N) is 3. The predicted octanol–water partition coefficient (Wildman–Crippen LogP) is 2.01. The topological polar surface area (TPSA) is 33.1 Å². The highest BCUT2D eigenvalue weighted by atomic mass is 15.3. The van der Waals surface area contributed by atoms with Crippen molar-refractivity contribution in [2.24, 2.45) is 7.05 Å². The number of aromatic nitrogens is 2. The van der Waals surface area contributed by atoms with Crippen LogP contribution in [0.2, 0.25) is 0 Å². The summed E-state index contributed by atoms with van der Waals surface area (Å²) < 4.78 is 2.07. The Morgan fingerprint density at radius 2 is 2.15 bits per heavy atom. The van der Waals surface area contributed by atoms with Gasteiger partial charge in [0, 0.05) is 49.0 Å². The molecular weight excluding hydrogens is 248 g/mol. The molecular formula is C16H26N4. The van der Waals surface area contributed by atoms with E-state index in [9.17, 15) is 0 Å². The quantitative estimate of drug-likeness (QED) is 0.915. The monoisotopic (exact) mass is 274 g/mol. The van der Waals surface area contributed by atoms with Gasteiger partial charge in [-0.25, -0.2) is 0 Å². The van der Waals surface area contributed by atoms with Crippen molar-refractivity contribution in [1.29, 1.82) is 0 Å². The van der Waals surface area contributed by atoms with E-state index in [0.29, 0.717) is 12.1 Å². The average molecular weight is 274 g/mol. The molecule has 1 saturated heterocycles. The van der Waals surface area contributed by atoms with E-state index in [-0.39, 0.29) is 0 Å². The Morgan fingerprint density at radius 1 is 1.30 bits per heavy atom. The third kappa shape index (κ3) is 2.19. The summed E-state index contributed by atoms with van der Waals surface area (Å²) in [5, 5.41) is 8.39. The molecule has 1 aromatic rings. The van der Waals surface area contributed by atoms with Crippen LogP contribution in [0.25, 0.3) is 0 Å². The first kappa shape index (κ1) is 12.8. The zero-order chi connectivity index (χ0) is 13.7. The van der Waals surface area contributed by atoms with Crippen LogP contribution in [0, 0.1) is 0 Å². The van der Waals surface area contributed by atoms with E-state index in [2.05, 4.69) is 40.2 Å². The van der Waals surface area contributed by atoms with Crippen molar-refractivity contribution >= 4 is 0 Å². The third-order valence-electron chi connectivity index (χ3n) is 5.45. The van der Waals surface area contributed by atoms with Crippen LogP contribution < -0.4 is 5.32 Å². The number of aryl methyl sites for hydroxylation is 1. The molecule has 0 amide bonds. The predicted molar refractivity (Wildman–Crippen MR) is 79.6 cm³/mol. The molecule has 2 aliphatic carbocycles. The molecule has 0 bridgehead atoms. The van der Waals surface area contributed by atoms with Gasteiger partial charge in [0.1, 0.15) is 0 Å². The van der Waals surface area contributed by atoms with Crippen molar-refractivity contribution in [2.75, 3.05) is 6.54 Å². The van der Waals surface area contributed by atoms with E-state index in [1.165, 1.54) is 56.3 Å².